The highest BCUT2D eigenvalue weighted by Crippen LogP contribution is 2.13. The van der Waals surface area contributed by atoms with Crippen molar-refractivity contribution >= 4 is 5.91 Å². The lowest BCUT2D eigenvalue weighted by Gasteiger charge is -2.12. The maximum atomic E-state index is 12.2. The Morgan fingerprint density at radius 3 is 2.40 bits per heavy atom. The fourth-order valence-electron chi connectivity index (χ4n) is 2.44. The van der Waals surface area contributed by atoms with Crippen LogP contribution in [0.1, 0.15) is 29.9 Å². The number of ether oxygens (including phenoxy) is 2. The number of hydrogen-bond donors (Lipinski definition) is 1. The predicted octanol–water partition coefficient (Wildman–Crippen LogP) is 2.38. The van der Waals surface area contributed by atoms with Crippen molar-refractivity contribution in [2.75, 3.05) is 13.7 Å². The molecule has 0 atom stereocenters. The minimum absolute atomic E-state index is 0.0886. The number of carbonyl (C=O) groups is 1. The van der Waals surface area contributed by atoms with Crippen LogP contribution in [0.15, 0.2) is 41.2 Å². The van der Waals surface area contributed by atoms with E-state index in [1.54, 1.807) is 34.9 Å². The van der Waals surface area contributed by atoms with Crippen LogP contribution < -0.4 is 20.3 Å². The summed E-state index contributed by atoms with van der Waals surface area (Å²) in [6, 6.07) is 10.2. The van der Waals surface area contributed by atoms with Crippen LogP contribution in [-0.4, -0.2) is 30.2 Å². The number of nitrogens with one attached hydrogen (secondary N) is 1. The SMILES string of the molecule is COc1cc(C)n(CCNC(=O)c2ccc(OC(C)C)cc2)c(=O)c1. The zero-order valence-electron chi connectivity index (χ0n) is 15.0. The molecule has 1 aromatic carbocycles. The standard InChI is InChI=1S/C19H24N2O4/c1-13(2)25-16-7-5-15(6-8-16)19(23)20-9-10-21-14(3)11-17(24-4)12-18(21)22/h5-8,11-13H,9-10H2,1-4H3,(H,20,23). The molecule has 0 fully saturated rings. The quantitative estimate of drug-likeness (QED) is 0.837. The molecule has 0 aliphatic heterocycles. The molecule has 0 saturated heterocycles. The number of nitrogens with zero attached hydrogens (tertiary/aromatic N) is 1. The van der Waals surface area contributed by atoms with Gasteiger partial charge in [-0.2, -0.15) is 0 Å². The number of amides is 1. The molecule has 0 unspecified atom stereocenters. The summed E-state index contributed by atoms with van der Waals surface area (Å²) in [5.74, 6) is 1.08. The average molecular weight is 344 g/mol. The number of benzene rings is 1. The van der Waals surface area contributed by atoms with E-state index in [0.29, 0.717) is 24.4 Å². The summed E-state index contributed by atoms with van der Waals surface area (Å²) in [5.41, 5.74) is 1.19. The lowest BCUT2D eigenvalue weighted by molar-refractivity contribution is 0.0952. The van der Waals surface area contributed by atoms with E-state index in [2.05, 4.69) is 5.32 Å². The normalized spacial score (nSPS) is 10.6. The highest BCUT2D eigenvalue weighted by molar-refractivity contribution is 5.94. The van der Waals surface area contributed by atoms with E-state index in [1.807, 2.05) is 20.8 Å². The first-order chi connectivity index (χ1) is 11.9. The van der Waals surface area contributed by atoms with Crippen molar-refractivity contribution in [3.8, 4) is 11.5 Å². The number of methoxy groups -OCH3 is 1. The number of aryl methyl sites for hydroxylation is 1. The molecule has 0 aliphatic rings. The Morgan fingerprint density at radius 1 is 1.16 bits per heavy atom. The molecule has 25 heavy (non-hydrogen) atoms. The third-order valence-electron chi connectivity index (χ3n) is 3.65. The van der Waals surface area contributed by atoms with Crippen LogP contribution in [0.25, 0.3) is 0 Å². The van der Waals surface area contributed by atoms with Gasteiger partial charge in [0, 0.05) is 30.4 Å². The second kappa shape index (κ2) is 8.37. The monoisotopic (exact) mass is 344 g/mol. The van der Waals surface area contributed by atoms with Crippen molar-refractivity contribution in [1.82, 2.24) is 9.88 Å². The van der Waals surface area contributed by atoms with Crippen molar-refractivity contribution in [3.05, 3.63) is 58.0 Å². The first kappa shape index (κ1) is 18.6. The summed E-state index contributed by atoms with van der Waals surface area (Å²) >= 11 is 0. The molecule has 134 valence electrons. The van der Waals surface area contributed by atoms with E-state index in [-0.39, 0.29) is 17.6 Å². The molecular weight excluding hydrogens is 320 g/mol. The van der Waals surface area contributed by atoms with Gasteiger partial charge < -0.3 is 19.4 Å². The molecule has 0 aliphatic carbocycles. The fourth-order valence-corrected chi connectivity index (χ4v) is 2.44. The molecule has 0 radical (unpaired) electrons. The topological polar surface area (TPSA) is 69.6 Å². The Hall–Kier alpha value is -2.76. The Kier molecular flexibility index (Phi) is 6.22. The van der Waals surface area contributed by atoms with Crippen molar-refractivity contribution in [3.63, 3.8) is 0 Å². The molecule has 2 rings (SSSR count). The Balaban J connectivity index is 1.93. The highest BCUT2D eigenvalue weighted by Gasteiger charge is 2.08. The maximum Gasteiger partial charge on any atom is 0.254 e. The third kappa shape index (κ3) is 5.11. The lowest BCUT2D eigenvalue weighted by atomic mass is 10.2. The Bertz CT molecular complexity index is 779. The van der Waals surface area contributed by atoms with E-state index in [9.17, 15) is 9.59 Å². The van der Waals surface area contributed by atoms with Gasteiger partial charge in [-0.1, -0.05) is 0 Å². The molecular formula is C19H24N2O4. The van der Waals surface area contributed by atoms with E-state index in [1.165, 1.54) is 13.2 Å². The minimum atomic E-state index is -0.185. The molecule has 0 bridgehead atoms. The molecule has 1 aromatic heterocycles. The van der Waals surface area contributed by atoms with Gasteiger partial charge in [0.25, 0.3) is 11.5 Å². The summed E-state index contributed by atoms with van der Waals surface area (Å²) in [6.07, 6.45) is 0.0886. The van der Waals surface area contributed by atoms with E-state index in [0.717, 1.165) is 11.4 Å². The Morgan fingerprint density at radius 2 is 1.84 bits per heavy atom. The molecule has 2 aromatic rings. The van der Waals surface area contributed by atoms with Crippen LogP contribution in [0.4, 0.5) is 0 Å². The van der Waals surface area contributed by atoms with E-state index < -0.39 is 0 Å². The zero-order valence-corrected chi connectivity index (χ0v) is 15.0. The largest absolute Gasteiger partial charge is 0.496 e. The summed E-state index contributed by atoms with van der Waals surface area (Å²) in [5, 5.41) is 2.82. The third-order valence-corrected chi connectivity index (χ3v) is 3.65. The zero-order chi connectivity index (χ0) is 18.4. The molecule has 1 heterocycles. The number of rotatable bonds is 7. The van der Waals surface area contributed by atoms with Gasteiger partial charge in [0.1, 0.15) is 11.5 Å². The second-order valence-corrected chi connectivity index (χ2v) is 5.97. The van der Waals surface area contributed by atoms with Crippen molar-refractivity contribution in [2.24, 2.45) is 0 Å². The molecule has 1 N–H and O–H groups in total. The first-order valence-electron chi connectivity index (χ1n) is 8.21. The predicted molar refractivity (Wildman–Crippen MR) is 96.5 cm³/mol. The lowest BCUT2D eigenvalue weighted by Crippen LogP contribution is -2.31. The molecule has 1 amide bonds. The van der Waals surface area contributed by atoms with Crippen LogP contribution in [-0.2, 0) is 6.54 Å². The fraction of sp³-hybridized carbons (Fsp3) is 0.368. The van der Waals surface area contributed by atoms with Gasteiger partial charge in [0.2, 0.25) is 0 Å². The summed E-state index contributed by atoms with van der Waals surface area (Å²) < 4.78 is 12.2. The van der Waals surface area contributed by atoms with Crippen molar-refractivity contribution < 1.29 is 14.3 Å². The minimum Gasteiger partial charge on any atom is -0.496 e. The number of hydrogen-bond acceptors (Lipinski definition) is 4. The van der Waals surface area contributed by atoms with Crippen molar-refractivity contribution in [1.29, 1.82) is 0 Å². The van der Waals surface area contributed by atoms with Gasteiger partial charge in [-0.15, -0.1) is 0 Å². The van der Waals surface area contributed by atoms with Gasteiger partial charge >= 0.3 is 0 Å². The summed E-state index contributed by atoms with van der Waals surface area (Å²) in [7, 11) is 1.52. The average Bonchev–Trinajstić information content (AvgIpc) is 2.57. The molecule has 6 heteroatoms. The molecule has 6 nitrogen and oxygen atoms in total. The van der Waals surface area contributed by atoms with E-state index in [4.69, 9.17) is 9.47 Å². The number of pyridine rings is 1. The van der Waals surface area contributed by atoms with E-state index >= 15 is 0 Å². The van der Waals surface area contributed by atoms with Crippen LogP contribution in [0, 0.1) is 6.92 Å². The maximum absolute atomic E-state index is 12.2. The number of carbonyl (C=O) groups excluding carboxylic acids is 1. The first-order valence-corrected chi connectivity index (χ1v) is 8.21. The van der Waals surface area contributed by atoms with Crippen LogP contribution in [0.3, 0.4) is 0 Å². The van der Waals surface area contributed by atoms with Gasteiger partial charge in [-0.3, -0.25) is 9.59 Å². The smallest absolute Gasteiger partial charge is 0.254 e. The Labute approximate surface area is 147 Å². The van der Waals surface area contributed by atoms with Crippen LogP contribution in [0.5, 0.6) is 11.5 Å². The van der Waals surface area contributed by atoms with Gasteiger partial charge in [0.05, 0.1) is 13.2 Å². The van der Waals surface area contributed by atoms with Gasteiger partial charge in [-0.05, 0) is 51.1 Å². The van der Waals surface area contributed by atoms with Crippen molar-refractivity contribution in [2.45, 2.75) is 33.4 Å². The highest BCUT2D eigenvalue weighted by atomic mass is 16.5. The summed E-state index contributed by atoms with van der Waals surface area (Å²) in [4.78, 5) is 24.2. The number of aromatic nitrogens is 1. The summed E-state index contributed by atoms with van der Waals surface area (Å²) in [6.45, 7) is 6.48. The molecule has 0 saturated carbocycles. The van der Waals surface area contributed by atoms with Crippen LogP contribution >= 0.6 is 0 Å². The van der Waals surface area contributed by atoms with Gasteiger partial charge in [-0.25, -0.2) is 0 Å². The van der Waals surface area contributed by atoms with Gasteiger partial charge in [0.15, 0.2) is 0 Å². The van der Waals surface area contributed by atoms with Crippen LogP contribution in [0.2, 0.25) is 0 Å². The molecule has 0 spiro atoms. The second-order valence-electron chi connectivity index (χ2n) is 5.97.